The van der Waals surface area contributed by atoms with Crippen molar-refractivity contribution in [2.45, 2.75) is 13.3 Å². The summed E-state index contributed by atoms with van der Waals surface area (Å²) < 4.78 is 13.5. The summed E-state index contributed by atoms with van der Waals surface area (Å²) in [5.41, 5.74) is 0.532. The van der Waals surface area contributed by atoms with Gasteiger partial charge in [0.25, 0.3) is 0 Å². The molecule has 0 nitrogen and oxygen atoms in total. The van der Waals surface area contributed by atoms with Crippen molar-refractivity contribution in [1.29, 1.82) is 0 Å². The lowest BCUT2D eigenvalue weighted by molar-refractivity contribution is 0.616. The van der Waals surface area contributed by atoms with E-state index in [9.17, 15) is 4.39 Å². The summed E-state index contributed by atoms with van der Waals surface area (Å²) in [6, 6.07) is 4.82. The van der Waals surface area contributed by atoms with E-state index < -0.39 is 0 Å². The zero-order valence-electron chi connectivity index (χ0n) is 5.07. The second-order valence-corrected chi connectivity index (χ2v) is 3.05. The van der Waals surface area contributed by atoms with Gasteiger partial charge in [0, 0.05) is 10.0 Å². The monoisotopic (exact) mass is 238 g/mol. The maximum atomic E-state index is 12.7. The number of hydrogen-bond acceptors (Lipinski definition) is 0. The minimum absolute atomic E-state index is 0. The summed E-state index contributed by atoms with van der Waals surface area (Å²) in [7, 11) is 0. The van der Waals surface area contributed by atoms with Gasteiger partial charge in [-0.15, -0.1) is 11.6 Å². The van der Waals surface area contributed by atoms with E-state index >= 15 is 0 Å². The molecule has 0 aromatic heterocycles. The highest BCUT2D eigenvalue weighted by molar-refractivity contribution is 9.10. The third-order valence-electron chi connectivity index (χ3n) is 1.16. The van der Waals surface area contributed by atoms with Crippen molar-refractivity contribution >= 4 is 27.5 Å². The van der Waals surface area contributed by atoms with Crippen LogP contribution in [0, 0.1) is 5.82 Å². The van der Waals surface area contributed by atoms with E-state index in [1.165, 1.54) is 6.07 Å². The lowest BCUT2D eigenvalue weighted by atomic mass is 10.2. The molecule has 0 saturated carbocycles. The minimum Gasteiger partial charge on any atom is -0.207 e. The van der Waals surface area contributed by atoms with Crippen molar-refractivity contribution in [3.05, 3.63) is 34.1 Å². The molecule has 0 atom stereocenters. The Labute approximate surface area is 79.5 Å². The van der Waals surface area contributed by atoms with Crippen LogP contribution in [0.3, 0.4) is 0 Å². The average Bonchev–Trinajstić information content (AvgIpc) is 1.88. The molecule has 0 aliphatic heterocycles. The molecule has 1 aromatic rings. The first kappa shape index (κ1) is 10.9. The van der Waals surface area contributed by atoms with Gasteiger partial charge in [-0.25, -0.2) is 4.39 Å². The van der Waals surface area contributed by atoms with Gasteiger partial charge in [0.05, 0.1) is 5.88 Å². The van der Waals surface area contributed by atoms with E-state index in [2.05, 4.69) is 15.9 Å². The van der Waals surface area contributed by atoms with Gasteiger partial charge >= 0.3 is 0 Å². The van der Waals surface area contributed by atoms with Crippen LogP contribution in [-0.4, -0.2) is 0 Å². The minimum atomic E-state index is -0.260. The fourth-order valence-corrected chi connectivity index (χ4v) is 1.18. The maximum absolute atomic E-state index is 12.7. The van der Waals surface area contributed by atoms with Crippen LogP contribution in [0.25, 0.3) is 0 Å². The van der Waals surface area contributed by atoms with Crippen molar-refractivity contribution in [2.24, 2.45) is 0 Å². The van der Waals surface area contributed by atoms with Crippen molar-refractivity contribution < 1.29 is 4.39 Å². The summed E-state index contributed by atoms with van der Waals surface area (Å²) in [6.07, 6.45) is 0. The Kier molecular flexibility index (Phi) is 4.69. The lowest BCUT2D eigenvalue weighted by Crippen LogP contribution is -1.83. The molecule has 0 unspecified atom stereocenters. The quantitative estimate of drug-likeness (QED) is 0.651. The van der Waals surface area contributed by atoms with Crippen LogP contribution in [0.5, 0.6) is 0 Å². The molecule has 0 heterocycles. The summed E-state index contributed by atoms with van der Waals surface area (Å²) in [6.45, 7) is 0. The molecular formula is C8H9BrClF. The van der Waals surface area contributed by atoms with Crippen molar-refractivity contribution in [2.75, 3.05) is 0 Å². The van der Waals surface area contributed by atoms with Gasteiger partial charge in [0.15, 0.2) is 0 Å². The van der Waals surface area contributed by atoms with Gasteiger partial charge < -0.3 is 0 Å². The largest absolute Gasteiger partial charge is 0.207 e. The van der Waals surface area contributed by atoms with E-state index in [1.807, 2.05) is 0 Å². The molecule has 0 spiro atoms. The Morgan fingerprint density at radius 3 is 2.55 bits per heavy atom. The van der Waals surface area contributed by atoms with Gasteiger partial charge in [0.1, 0.15) is 5.82 Å². The third kappa shape index (κ3) is 2.80. The molecule has 0 amide bonds. The topological polar surface area (TPSA) is 0 Å². The molecule has 1 rings (SSSR count). The smallest absolute Gasteiger partial charge is 0.128 e. The molecule has 62 valence electrons. The second-order valence-electron chi connectivity index (χ2n) is 1.87. The van der Waals surface area contributed by atoms with Gasteiger partial charge in [0.2, 0.25) is 0 Å². The fraction of sp³-hybridized carbons (Fsp3) is 0.250. The fourth-order valence-electron chi connectivity index (χ4n) is 0.630. The molecule has 11 heavy (non-hydrogen) atoms. The molecule has 0 bridgehead atoms. The molecule has 0 fully saturated rings. The van der Waals surface area contributed by atoms with Crippen LogP contribution < -0.4 is 0 Å². The van der Waals surface area contributed by atoms with Crippen LogP contribution in [-0.2, 0) is 5.88 Å². The van der Waals surface area contributed by atoms with Gasteiger partial charge in [-0.2, -0.15) is 0 Å². The molecular weight excluding hydrogens is 230 g/mol. The van der Waals surface area contributed by atoms with E-state index in [1.54, 1.807) is 12.1 Å². The van der Waals surface area contributed by atoms with E-state index in [-0.39, 0.29) is 19.1 Å². The van der Waals surface area contributed by atoms with Crippen LogP contribution >= 0.6 is 27.5 Å². The normalized spacial score (nSPS) is 9.00. The first-order chi connectivity index (χ1) is 4.74. The molecule has 0 aliphatic carbocycles. The highest BCUT2D eigenvalue weighted by Gasteiger charge is 1.99. The maximum Gasteiger partial charge on any atom is 0.128 e. The van der Waals surface area contributed by atoms with E-state index in [0.29, 0.717) is 5.56 Å². The highest BCUT2D eigenvalue weighted by Crippen LogP contribution is 2.16. The standard InChI is InChI=1S/C7H5BrClF.CH4/c8-6-2-1-5(4-9)7(10)3-6;/h1-3H,4H2;1H4. The number of halogens is 3. The van der Waals surface area contributed by atoms with Crippen molar-refractivity contribution in [3.63, 3.8) is 0 Å². The Morgan fingerprint density at radius 2 is 2.09 bits per heavy atom. The summed E-state index contributed by atoms with van der Waals surface area (Å²) in [5, 5.41) is 0. The molecule has 3 heteroatoms. The Morgan fingerprint density at radius 1 is 1.45 bits per heavy atom. The van der Waals surface area contributed by atoms with Gasteiger partial charge in [-0.05, 0) is 12.1 Å². The predicted molar refractivity (Wildman–Crippen MR) is 50.4 cm³/mol. The van der Waals surface area contributed by atoms with Crippen LogP contribution in [0.2, 0.25) is 0 Å². The number of rotatable bonds is 1. The van der Waals surface area contributed by atoms with Crippen LogP contribution in [0.1, 0.15) is 13.0 Å². The van der Waals surface area contributed by atoms with Crippen molar-refractivity contribution in [1.82, 2.24) is 0 Å². The number of hydrogen-bond donors (Lipinski definition) is 0. The van der Waals surface area contributed by atoms with E-state index in [0.717, 1.165) is 4.47 Å². The molecule has 0 aliphatic rings. The average molecular weight is 240 g/mol. The third-order valence-corrected chi connectivity index (χ3v) is 1.94. The molecule has 1 aromatic carbocycles. The Hall–Kier alpha value is -0.0800. The number of benzene rings is 1. The Balaban J connectivity index is 0.000001000. The zero-order chi connectivity index (χ0) is 7.56. The van der Waals surface area contributed by atoms with E-state index in [4.69, 9.17) is 11.6 Å². The molecule has 0 saturated heterocycles. The SMILES string of the molecule is C.Fc1cc(Br)ccc1CCl. The predicted octanol–water partition coefficient (Wildman–Crippen LogP) is 3.96. The molecule has 0 radical (unpaired) electrons. The Bertz CT molecular complexity index is 238. The second kappa shape index (κ2) is 4.73. The van der Waals surface area contributed by atoms with Crippen LogP contribution in [0.4, 0.5) is 4.39 Å². The highest BCUT2D eigenvalue weighted by atomic mass is 79.9. The molecule has 0 N–H and O–H groups in total. The number of alkyl halides is 1. The summed E-state index contributed by atoms with van der Waals surface area (Å²) in [5.74, 6) is -0.0385. The van der Waals surface area contributed by atoms with Crippen LogP contribution in [0.15, 0.2) is 22.7 Å². The zero-order valence-corrected chi connectivity index (χ0v) is 7.41. The van der Waals surface area contributed by atoms with Gasteiger partial charge in [-0.3, -0.25) is 0 Å². The first-order valence-electron chi connectivity index (χ1n) is 2.74. The van der Waals surface area contributed by atoms with Gasteiger partial charge in [-0.1, -0.05) is 29.4 Å². The summed E-state index contributed by atoms with van der Waals surface area (Å²) in [4.78, 5) is 0. The first-order valence-corrected chi connectivity index (χ1v) is 4.06. The summed E-state index contributed by atoms with van der Waals surface area (Å²) >= 11 is 8.57. The van der Waals surface area contributed by atoms with Crippen molar-refractivity contribution in [3.8, 4) is 0 Å². The lowest BCUT2D eigenvalue weighted by Gasteiger charge is -1.96.